The molecule has 0 aromatic carbocycles. The summed E-state index contributed by atoms with van der Waals surface area (Å²) < 4.78 is 22.3. The lowest BCUT2D eigenvalue weighted by Gasteiger charge is -2.23. The summed E-state index contributed by atoms with van der Waals surface area (Å²) >= 11 is 0. The van der Waals surface area contributed by atoms with E-state index in [1.165, 1.54) is 0 Å². The lowest BCUT2D eigenvalue weighted by Crippen LogP contribution is -2.32. The molecule has 2 heterocycles. The largest absolute Gasteiger partial charge is 0.394 e. The molecule has 5 heteroatoms. The molecule has 5 nitrogen and oxygen atoms in total. The second-order valence-electron chi connectivity index (χ2n) is 4.41. The Labute approximate surface area is 94.9 Å². The van der Waals surface area contributed by atoms with Gasteiger partial charge in [0.1, 0.15) is 18.3 Å². The minimum Gasteiger partial charge on any atom is -0.394 e. The maximum Gasteiger partial charge on any atom is 0.187 e. The van der Waals surface area contributed by atoms with Gasteiger partial charge in [0.25, 0.3) is 0 Å². The highest BCUT2D eigenvalue weighted by Gasteiger charge is 2.55. The number of fused-ring (bicyclic) bond motifs is 1. The van der Waals surface area contributed by atoms with Gasteiger partial charge in [0, 0.05) is 0 Å². The first-order chi connectivity index (χ1) is 7.57. The van der Waals surface area contributed by atoms with Crippen molar-refractivity contribution in [2.24, 2.45) is 0 Å². The monoisotopic (exact) mass is 230 g/mol. The van der Waals surface area contributed by atoms with Crippen molar-refractivity contribution in [2.75, 3.05) is 13.2 Å². The molecule has 1 N–H and O–H groups in total. The van der Waals surface area contributed by atoms with E-state index in [1.54, 1.807) is 6.08 Å². The van der Waals surface area contributed by atoms with E-state index in [-0.39, 0.29) is 24.9 Å². The molecule has 0 radical (unpaired) electrons. The third-order valence-corrected chi connectivity index (χ3v) is 2.67. The molecule has 16 heavy (non-hydrogen) atoms. The summed E-state index contributed by atoms with van der Waals surface area (Å²) in [6.07, 6.45) is 0.205. The summed E-state index contributed by atoms with van der Waals surface area (Å²) in [5, 5.41) is 9.19. The van der Waals surface area contributed by atoms with Crippen LogP contribution in [-0.4, -0.2) is 48.7 Å². The summed E-state index contributed by atoms with van der Waals surface area (Å²) in [7, 11) is 0. The van der Waals surface area contributed by atoms with Crippen LogP contribution in [0.15, 0.2) is 12.7 Å². The zero-order valence-electron chi connectivity index (χ0n) is 9.59. The number of aliphatic hydroxyl groups is 1. The number of aliphatic hydroxyl groups excluding tert-OH is 1. The first kappa shape index (κ1) is 12.0. The zero-order chi connectivity index (χ0) is 11.8. The van der Waals surface area contributed by atoms with Crippen molar-refractivity contribution in [1.29, 1.82) is 0 Å². The highest BCUT2D eigenvalue weighted by Crippen LogP contribution is 2.38. The second-order valence-corrected chi connectivity index (χ2v) is 4.41. The predicted molar refractivity (Wildman–Crippen MR) is 55.7 cm³/mol. The van der Waals surface area contributed by atoms with Crippen LogP contribution in [-0.2, 0) is 18.9 Å². The van der Waals surface area contributed by atoms with Crippen molar-refractivity contribution in [3.63, 3.8) is 0 Å². The fraction of sp³-hybridized carbons (Fsp3) is 0.818. The Kier molecular flexibility index (Phi) is 3.32. The molecule has 0 saturated carbocycles. The van der Waals surface area contributed by atoms with Crippen LogP contribution in [0.1, 0.15) is 13.8 Å². The Morgan fingerprint density at radius 2 is 2.06 bits per heavy atom. The number of hydrogen-bond donors (Lipinski definition) is 1. The van der Waals surface area contributed by atoms with Crippen LogP contribution in [0.4, 0.5) is 0 Å². The van der Waals surface area contributed by atoms with Crippen molar-refractivity contribution in [1.82, 2.24) is 0 Å². The van der Waals surface area contributed by atoms with Crippen molar-refractivity contribution in [3.05, 3.63) is 12.7 Å². The molecule has 0 aromatic heterocycles. The Hall–Kier alpha value is -0.460. The summed E-state index contributed by atoms with van der Waals surface area (Å²) in [5.74, 6) is -0.650. The molecule has 0 amide bonds. The summed E-state index contributed by atoms with van der Waals surface area (Å²) in [6.45, 7) is 7.53. The summed E-state index contributed by atoms with van der Waals surface area (Å²) in [4.78, 5) is 0. The van der Waals surface area contributed by atoms with Crippen molar-refractivity contribution in [3.8, 4) is 0 Å². The molecule has 2 aliphatic heterocycles. The topological polar surface area (TPSA) is 57.2 Å². The SMILES string of the molecule is C=CCO[C@@H]1O[C@@H](CO)[C@H]2OC(C)(C)O[C@@H]12. The molecule has 92 valence electrons. The van der Waals surface area contributed by atoms with Gasteiger partial charge in [-0.2, -0.15) is 0 Å². The van der Waals surface area contributed by atoms with Gasteiger partial charge in [-0.3, -0.25) is 0 Å². The number of rotatable bonds is 4. The molecule has 0 aromatic rings. The fourth-order valence-electron chi connectivity index (χ4n) is 2.09. The Bertz CT molecular complexity index is 265. The molecule has 0 unspecified atom stereocenters. The molecule has 2 fully saturated rings. The quantitative estimate of drug-likeness (QED) is 0.710. The molecule has 2 saturated heterocycles. The Morgan fingerprint density at radius 3 is 2.69 bits per heavy atom. The maximum absolute atomic E-state index is 9.19. The van der Waals surface area contributed by atoms with Crippen LogP contribution in [0.2, 0.25) is 0 Å². The van der Waals surface area contributed by atoms with Gasteiger partial charge in [-0.25, -0.2) is 0 Å². The minimum absolute atomic E-state index is 0.103. The first-order valence-corrected chi connectivity index (χ1v) is 5.42. The average molecular weight is 230 g/mol. The normalized spacial score (nSPS) is 40.9. The van der Waals surface area contributed by atoms with E-state index >= 15 is 0 Å². The van der Waals surface area contributed by atoms with Crippen molar-refractivity contribution >= 4 is 0 Å². The lowest BCUT2D eigenvalue weighted by molar-refractivity contribution is -0.233. The van der Waals surface area contributed by atoms with Crippen LogP contribution in [0.5, 0.6) is 0 Å². The van der Waals surface area contributed by atoms with E-state index in [0.29, 0.717) is 6.61 Å². The van der Waals surface area contributed by atoms with E-state index in [4.69, 9.17) is 18.9 Å². The molecule has 0 aliphatic carbocycles. The average Bonchev–Trinajstić information content (AvgIpc) is 2.69. The van der Waals surface area contributed by atoms with E-state index in [0.717, 1.165) is 0 Å². The van der Waals surface area contributed by atoms with Gasteiger partial charge in [0.15, 0.2) is 12.1 Å². The molecule has 0 spiro atoms. The smallest absolute Gasteiger partial charge is 0.187 e. The second kappa shape index (κ2) is 4.43. The van der Waals surface area contributed by atoms with Gasteiger partial charge in [-0.05, 0) is 13.8 Å². The van der Waals surface area contributed by atoms with Crippen molar-refractivity contribution in [2.45, 2.75) is 44.2 Å². The van der Waals surface area contributed by atoms with E-state index in [2.05, 4.69) is 6.58 Å². The van der Waals surface area contributed by atoms with E-state index in [1.807, 2.05) is 13.8 Å². The molecule has 2 aliphatic rings. The molecule has 0 bridgehead atoms. The molecular formula is C11H18O5. The number of hydrogen-bond acceptors (Lipinski definition) is 5. The van der Waals surface area contributed by atoms with Crippen LogP contribution in [0.25, 0.3) is 0 Å². The van der Waals surface area contributed by atoms with Gasteiger partial charge in [-0.1, -0.05) is 6.08 Å². The standard InChI is InChI=1S/C11H18O5/c1-4-5-13-10-9-8(7(6-12)14-10)15-11(2,3)16-9/h4,7-10,12H,1,5-6H2,2-3H3/t7-,8+,9+,10+/m0/s1. The van der Waals surface area contributed by atoms with E-state index < -0.39 is 12.1 Å². The highest BCUT2D eigenvalue weighted by atomic mass is 16.8. The molecular weight excluding hydrogens is 212 g/mol. The lowest BCUT2D eigenvalue weighted by atomic mass is 10.1. The van der Waals surface area contributed by atoms with Gasteiger partial charge >= 0.3 is 0 Å². The van der Waals surface area contributed by atoms with Gasteiger partial charge in [0.05, 0.1) is 13.2 Å². The molecule has 2 rings (SSSR count). The Morgan fingerprint density at radius 1 is 1.38 bits per heavy atom. The Balaban J connectivity index is 2.04. The summed E-state index contributed by atoms with van der Waals surface area (Å²) in [6, 6.07) is 0. The van der Waals surface area contributed by atoms with E-state index in [9.17, 15) is 5.11 Å². The zero-order valence-corrected chi connectivity index (χ0v) is 9.59. The minimum atomic E-state index is -0.650. The number of ether oxygens (including phenoxy) is 4. The van der Waals surface area contributed by atoms with Crippen LogP contribution >= 0.6 is 0 Å². The van der Waals surface area contributed by atoms with Gasteiger partial charge < -0.3 is 24.1 Å². The van der Waals surface area contributed by atoms with Crippen molar-refractivity contribution < 1.29 is 24.1 Å². The fourth-order valence-corrected chi connectivity index (χ4v) is 2.09. The van der Waals surface area contributed by atoms with Crippen LogP contribution in [0, 0.1) is 0 Å². The third kappa shape index (κ3) is 2.14. The van der Waals surface area contributed by atoms with Crippen LogP contribution in [0.3, 0.4) is 0 Å². The van der Waals surface area contributed by atoms with Crippen LogP contribution < -0.4 is 0 Å². The maximum atomic E-state index is 9.19. The molecule has 4 atom stereocenters. The first-order valence-electron chi connectivity index (χ1n) is 5.42. The highest BCUT2D eigenvalue weighted by molar-refractivity contribution is 4.95. The summed E-state index contributed by atoms with van der Waals surface area (Å²) in [5.41, 5.74) is 0. The predicted octanol–water partition coefficient (Wildman–Crippen LogP) is 0.426. The van der Waals surface area contributed by atoms with Gasteiger partial charge in [-0.15, -0.1) is 6.58 Å². The van der Waals surface area contributed by atoms with Gasteiger partial charge in [0.2, 0.25) is 0 Å². The third-order valence-electron chi connectivity index (χ3n) is 2.67.